The summed E-state index contributed by atoms with van der Waals surface area (Å²) in [6, 6.07) is 7.47. The van der Waals surface area contributed by atoms with Crippen molar-refractivity contribution in [3.63, 3.8) is 0 Å². The first-order valence-electron chi connectivity index (χ1n) is 6.75. The lowest BCUT2D eigenvalue weighted by molar-refractivity contribution is 0.0951. The number of aryl methyl sites for hydroxylation is 3. The SMILES string of the molecule is Cc1cc(C)n(CCCNC(=O)c2cc(S)ccc2Br)n1. The summed E-state index contributed by atoms with van der Waals surface area (Å²) in [6.07, 6.45) is 0.839. The van der Waals surface area contributed by atoms with Crippen LogP contribution in [0.5, 0.6) is 0 Å². The van der Waals surface area contributed by atoms with Gasteiger partial charge in [0.1, 0.15) is 0 Å². The van der Waals surface area contributed by atoms with Crippen LogP contribution in [0.15, 0.2) is 33.6 Å². The second kappa shape index (κ2) is 7.13. The maximum atomic E-state index is 12.1. The van der Waals surface area contributed by atoms with E-state index in [-0.39, 0.29) is 5.91 Å². The van der Waals surface area contributed by atoms with Gasteiger partial charge in [-0.1, -0.05) is 0 Å². The van der Waals surface area contributed by atoms with Crippen LogP contribution >= 0.6 is 28.6 Å². The monoisotopic (exact) mass is 367 g/mol. The zero-order valence-corrected chi connectivity index (χ0v) is 14.5. The van der Waals surface area contributed by atoms with Gasteiger partial charge < -0.3 is 5.32 Å². The van der Waals surface area contributed by atoms with Crippen molar-refractivity contribution in [3.8, 4) is 0 Å². The Kier molecular flexibility index (Phi) is 5.47. The molecule has 1 aromatic carbocycles. The highest BCUT2D eigenvalue weighted by Crippen LogP contribution is 2.20. The van der Waals surface area contributed by atoms with E-state index in [0.29, 0.717) is 12.1 Å². The van der Waals surface area contributed by atoms with Gasteiger partial charge in [-0.2, -0.15) is 5.10 Å². The molecule has 6 heteroatoms. The first kappa shape index (κ1) is 16.1. The minimum atomic E-state index is -0.0915. The minimum Gasteiger partial charge on any atom is -0.352 e. The van der Waals surface area contributed by atoms with E-state index in [0.717, 1.165) is 33.7 Å². The highest BCUT2D eigenvalue weighted by molar-refractivity contribution is 9.10. The minimum absolute atomic E-state index is 0.0915. The molecule has 1 aromatic heterocycles. The summed E-state index contributed by atoms with van der Waals surface area (Å²) in [6.45, 7) is 5.43. The van der Waals surface area contributed by atoms with E-state index in [1.165, 1.54) is 0 Å². The van der Waals surface area contributed by atoms with Crippen LogP contribution in [0, 0.1) is 13.8 Å². The van der Waals surface area contributed by atoms with Crippen molar-refractivity contribution in [2.75, 3.05) is 6.54 Å². The molecule has 2 aromatic rings. The predicted octanol–water partition coefficient (Wildman–Crippen LogP) is 3.37. The van der Waals surface area contributed by atoms with Crippen LogP contribution in [0.2, 0.25) is 0 Å². The predicted molar refractivity (Wildman–Crippen MR) is 90.0 cm³/mol. The molecule has 0 fully saturated rings. The topological polar surface area (TPSA) is 46.9 Å². The Morgan fingerprint density at radius 3 is 2.81 bits per heavy atom. The summed E-state index contributed by atoms with van der Waals surface area (Å²) in [7, 11) is 0. The maximum Gasteiger partial charge on any atom is 0.252 e. The molecule has 0 bridgehead atoms. The summed E-state index contributed by atoms with van der Waals surface area (Å²) in [4.78, 5) is 12.9. The highest BCUT2D eigenvalue weighted by atomic mass is 79.9. The number of carbonyl (C=O) groups excluding carboxylic acids is 1. The normalized spacial score (nSPS) is 10.7. The number of thiol groups is 1. The lowest BCUT2D eigenvalue weighted by atomic mass is 10.2. The van der Waals surface area contributed by atoms with Gasteiger partial charge >= 0.3 is 0 Å². The number of aromatic nitrogens is 2. The molecule has 0 unspecified atom stereocenters. The average Bonchev–Trinajstić information content (AvgIpc) is 2.75. The smallest absolute Gasteiger partial charge is 0.252 e. The number of benzene rings is 1. The van der Waals surface area contributed by atoms with E-state index >= 15 is 0 Å². The number of nitrogens with one attached hydrogen (secondary N) is 1. The summed E-state index contributed by atoms with van der Waals surface area (Å²) >= 11 is 7.63. The van der Waals surface area contributed by atoms with E-state index in [1.54, 1.807) is 6.07 Å². The van der Waals surface area contributed by atoms with Gasteiger partial charge in [0.25, 0.3) is 5.91 Å². The van der Waals surface area contributed by atoms with Gasteiger partial charge in [-0.15, -0.1) is 12.6 Å². The lowest BCUT2D eigenvalue weighted by Gasteiger charge is -2.08. The van der Waals surface area contributed by atoms with Crippen LogP contribution in [-0.2, 0) is 6.54 Å². The van der Waals surface area contributed by atoms with Crippen LogP contribution in [-0.4, -0.2) is 22.2 Å². The maximum absolute atomic E-state index is 12.1. The Morgan fingerprint density at radius 2 is 2.14 bits per heavy atom. The fourth-order valence-corrected chi connectivity index (χ4v) is 2.74. The number of rotatable bonds is 5. The molecule has 0 saturated heterocycles. The van der Waals surface area contributed by atoms with Crippen molar-refractivity contribution in [3.05, 3.63) is 45.7 Å². The second-order valence-electron chi connectivity index (χ2n) is 4.92. The first-order valence-corrected chi connectivity index (χ1v) is 7.99. The van der Waals surface area contributed by atoms with Crippen LogP contribution in [0.25, 0.3) is 0 Å². The summed E-state index contributed by atoms with van der Waals surface area (Å²) in [5.41, 5.74) is 2.77. The molecule has 0 spiro atoms. The number of hydrogen-bond acceptors (Lipinski definition) is 3. The van der Waals surface area contributed by atoms with Crippen LogP contribution in [0.1, 0.15) is 28.2 Å². The van der Waals surface area contributed by atoms with Crippen molar-refractivity contribution in [1.82, 2.24) is 15.1 Å². The molecule has 112 valence electrons. The van der Waals surface area contributed by atoms with Crippen molar-refractivity contribution in [2.45, 2.75) is 31.7 Å². The first-order chi connectivity index (χ1) is 9.97. The number of amides is 1. The Bertz CT molecular complexity index is 654. The fourth-order valence-electron chi connectivity index (χ4n) is 2.11. The second-order valence-corrected chi connectivity index (χ2v) is 6.29. The van der Waals surface area contributed by atoms with Gasteiger partial charge in [0.05, 0.1) is 11.3 Å². The molecule has 0 radical (unpaired) electrons. The van der Waals surface area contributed by atoms with Gasteiger partial charge in [0.15, 0.2) is 0 Å². The van der Waals surface area contributed by atoms with Gasteiger partial charge in [0, 0.05) is 28.2 Å². The molecule has 1 amide bonds. The average molecular weight is 368 g/mol. The number of nitrogens with zero attached hydrogens (tertiary/aromatic N) is 2. The third-order valence-electron chi connectivity index (χ3n) is 3.13. The molecular weight excluding hydrogens is 350 g/mol. The van der Waals surface area contributed by atoms with Crippen LogP contribution < -0.4 is 5.32 Å². The number of carbonyl (C=O) groups is 1. The van der Waals surface area contributed by atoms with Gasteiger partial charge in [0.2, 0.25) is 0 Å². The van der Waals surface area contributed by atoms with E-state index in [9.17, 15) is 4.79 Å². The third-order valence-corrected chi connectivity index (χ3v) is 4.10. The van der Waals surface area contributed by atoms with Crippen molar-refractivity contribution in [2.24, 2.45) is 0 Å². The standard InChI is InChI=1S/C15H18BrN3OS/c1-10-8-11(2)19(18-10)7-3-6-17-15(20)13-9-12(21)4-5-14(13)16/h4-5,8-9,21H,3,6-7H2,1-2H3,(H,17,20). The largest absolute Gasteiger partial charge is 0.352 e. The van der Waals surface area contributed by atoms with Gasteiger partial charge in [-0.05, 0) is 60.5 Å². The van der Waals surface area contributed by atoms with E-state index in [4.69, 9.17) is 0 Å². The van der Waals surface area contributed by atoms with Gasteiger partial charge in [-0.25, -0.2) is 0 Å². The van der Waals surface area contributed by atoms with E-state index in [1.807, 2.05) is 36.7 Å². The summed E-state index contributed by atoms with van der Waals surface area (Å²) in [5.74, 6) is -0.0915. The molecule has 1 N–H and O–H groups in total. The molecule has 4 nitrogen and oxygen atoms in total. The molecule has 2 rings (SSSR count). The molecular formula is C15H18BrN3OS. The van der Waals surface area contributed by atoms with Gasteiger partial charge in [-0.3, -0.25) is 9.48 Å². The highest BCUT2D eigenvalue weighted by Gasteiger charge is 2.09. The van der Waals surface area contributed by atoms with Crippen LogP contribution in [0.3, 0.4) is 0 Å². The van der Waals surface area contributed by atoms with E-state index < -0.39 is 0 Å². The Labute approximate surface area is 138 Å². The quantitative estimate of drug-likeness (QED) is 0.628. The summed E-state index contributed by atoms with van der Waals surface area (Å²) < 4.78 is 2.74. The van der Waals surface area contributed by atoms with E-state index in [2.05, 4.69) is 39.0 Å². The zero-order valence-electron chi connectivity index (χ0n) is 12.1. The number of hydrogen-bond donors (Lipinski definition) is 2. The Morgan fingerprint density at radius 1 is 1.38 bits per heavy atom. The molecule has 0 aliphatic heterocycles. The van der Waals surface area contributed by atoms with Crippen molar-refractivity contribution >= 4 is 34.5 Å². The molecule has 21 heavy (non-hydrogen) atoms. The molecule has 1 heterocycles. The lowest BCUT2D eigenvalue weighted by Crippen LogP contribution is -2.25. The van der Waals surface area contributed by atoms with Crippen LogP contribution in [0.4, 0.5) is 0 Å². The zero-order chi connectivity index (χ0) is 15.4. The molecule has 0 atom stereocenters. The molecule has 0 saturated carbocycles. The number of halogens is 1. The molecule has 0 aliphatic rings. The molecule has 0 aliphatic carbocycles. The summed E-state index contributed by atoms with van der Waals surface area (Å²) in [5, 5.41) is 7.32. The van der Waals surface area contributed by atoms with Crippen molar-refractivity contribution < 1.29 is 4.79 Å². The Balaban J connectivity index is 1.84. The third kappa shape index (κ3) is 4.35. The van der Waals surface area contributed by atoms with Crippen molar-refractivity contribution in [1.29, 1.82) is 0 Å². The fraction of sp³-hybridized carbons (Fsp3) is 0.333. The Hall–Kier alpha value is -1.27.